The van der Waals surface area contributed by atoms with Crippen LogP contribution in [0.25, 0.3) is 0 Å². The molecule has 4 atom stereocenters. The highest BCUT2D eigenvalue weighted by molar-refractivity contribution is 5.76. The predicted molar refractivity (Wildman–Crippen MR) is 71.8 cm³/mol. The van der Waals surface area contributed by atoms with Gasteiger partial charge in [-0.15, -0.1) is 0 Å². The average molecular weight is 268 g/mol. The standard InChI is InChI=1S/C14H24N2O3/c1-3-10-5-11(10)6-15-14(19)16-7-9(2)4-12(8-16)13(17)18/h9-12H,3-8H2,1-2H3,(H,15,19)(H,17,18)/t9?,10-,11+,12?/m1/s1. The topological polar surface area (TPSA) is 69.6 Å². The third-order valence-electron chi connectivity index (χ3n) is 4.41. The highest BCUT2D eigenvalue weighted by Crippen LogP contribution is 2.40. The minimum absolute atomic E-state index is 0.0976. The molecule has 1 heterocycles. The number of carboxylic acid groups (broad SMARTS) is 1. The summed E-state index contributed by atoms with van der Waals surface area (Å²) >= 11 is 0. The first-order chi connectivity index (χ1) is 9.01. The number of hydrogen-bond acceptors (Lipinski definition) is 2. The van der Waals surface area contributed by atoms with E-state index in [2.05, 4.69) is 12.2 Å². The van der Waals surface area contributed by atoms with E-state index in [0.29, 0.717) is 25.4 Å². The zero-order valence-electron chi connectivity index (χ0n) is 11.8. The summed E-state index contributed by atoms with van der Waals surface area (Å²) in [5.41, 5.74) is 0. The van der Waals surface area contributed by atoms with Gasteiger partial charge in [0, 0.05) is 19.6 Å². The van der Waals surface area contributed by atoms with Gasteiger partial charge in [0.15, 0.2) is 0 Å². The van der Waals surface area contributed by atoms with Crippen LogP contribution in [0.3, 0.4) is 0 Å². The number of nitrogens with zero attached hydrogens (tertiary/aromatic N) is 1. The van der Waals surface area contributed by atoms with Gasteiger partial charge >= 0.3 is 12.0 Å². The van der Waals surface area contributed by atoms with Gasteiger partial charge in [0.05, 0.1) is 5.92 Å². The van der Waals surface area contributed by atoms with Gasteiger partial charge in [-0.3, -0.25) is 4.79 Å². The number of carboxylic acids is 1. The molecule has 1 aliphatic heterocycles. The number of urea groups is 1. The Balaban J connectivity index is 1.79. The molecule has 0 spiro atoms. The highest BCUT2D eigenvalue weighted by atomic mass is 16.4. The van der Waals surface area contributed by atoms with Crippen LogP contribution in [0, 0.1) is 23.7 Å². The normalized spacial score (nSPS) is 33.9. The van der Waals surface area contributed by atoms with Crippen LogP contribution in [0.2, 0.25) is 0 Å². The van der Waals surface area contributed by atoms with Crippen LogP contribution in [-0.4, -0.2) is 41.6 Å². The second-order valence-corrected chi connectivity index (χ2v) is 6.13. The van der Waals surface area contributed by atoms with Gasteiger partial charge in [-0.2, -0.15) is 0 Å². The lowest BCUT2D eigenvalue weighted by Crippen LogP contribution is -2.49. The number of carbonyl (C=O) groups excluding carboxylic acids is 1. The fourth-order valence-electron chi connectivity index (χ4n) is 3.09. The molecule has 2 amide bonds. The maximum absolute atomic E-state index is 12.1. The lowest BCUT2D eigenvalue weighted by Gasteiger charge is -2.34. The van der Waals surface area contributed by atoms with Crippen molar-refractivity contribution in [2.75, 3.05) is 19.6 Å². The number of carbonyl (C=O) groups is 2. The molecule has 1 saturated carbocycles. The SMILES string of the molecule is CC[C@@H]1C[C@H]1CNC(=O)N1CC(C)CC(C(=O)O)C1. The van der Waals surface area contributed by atoms with E-state index in [-0.39, 0.29) is 11.9 Å². The van der Waals surface area contributed by atoms with Crippen LogP contribution < -0.4 is 5.32 Å². The molecule has 2 aliphatic rings. The van der Waals surface area contributed by atoms with E-state index in [9.17, 15) is 9.59 Å². The van der Waals surface area contributed by atoms with Crippen molar-refractivity contribution in [3.63, 3.8) is 0 Å². The van der Waals surface area contributed by atoms with Gasteiger partial charge < -0.3 is 15.3 Å². The van der Waals surface area contributed by atoms with E-state index in [0.717, 1.165) is 12.5 Å². The maximum Gasteiger partial charge on any atom is 0.317 e. The van der Waals surface area contributed by atoms with Crippen molar-refractivity contribution in [3.8, 4) is 0 Å². The minimum atomic E-state index is -0.794. The van der Waals surface area contributed by atoms with Crippen LogP contribution in [-0.2, 0) is 4.79 Å². The Morgan fingerprint density at radius 2 is 2.00 bits per heavy atom. The van der Waals surface area contributed by atoms with E-state index >= 15 is 0 Å². The quantitative estimate of drug-likeness (QED) is 0.816. The van der Waals surface area contributed by atoms with Crippen molar-refractivity contribution < 1.29 is 14.7 Å². The molecule has 1 aliphatic carbocycles. The first kappa shape index (κ1) is 14.2. The Hall–Kier alpha value is -1.26. The molecular formula is C14H24N2O3. The molecule has 108 valence electrons. The molecule has 0 aromatic heterocycles. The summed E-state index contributed by atoms with van der Waals surface area (Å²) in [6.07, 6.45) is 3.06. The van der Waals surface area contributed by atoms with Gasteiger partial charge in [0.25, 0.3) is 0 Å². The summed E-state index contributed by atoms with van der Waals surface area (Å²) in [5.74, 6) is 0.445. The summed E-state index contributed by atoms with van der Waals surface area (Å²) in [6, 6.07) is -0.0976. The number of piperidine rings is 1. The van der Waals surface area contributed by atoms with Crippen LogP contribution >= 0.6 is 0 Å². The van der Waals surface area contributed by atoms with Gasteiger partial charge in [0.2, 0.25) is 0 Å². The molecule has 0 aromatic rings. The van der Waals surface area contributed by atoms with Crippen molar-refractivity contribution in [1.82, 2.24) is 10.2 Å². The number of nitrogens with one attached hydrogen (secondary N) is 1. The number of likely N-dealkylation sites (tertiary alicyclic amines) is 1. The molecule has 0 bridgehead atoms. The monoisotopic (exact) mass is 268 g/mol. The molecule has 19 heavy (non-hydrogen) atoms. The number of rotatable bonds is 4. The van der Waals surface area contributed by atoms with Gasteiger partial charge in [0.1, 0.15) is 0 Å². The minimum Gasteiger partial charge on any atom is -0.481 e. The Kier molecular flexibility index (Phi) is 4.32. The molecule has 5 nitrogen and oxygen atoms in total. The van der Waals surface area contributed by atoms with Crippen molar-refractivity contribution in [3.05, 3.63) is 0 Å². The zero-order chi connectivity index (χ0) is 14.0. The van der Waals surface area contributed by atoms with E-state index in [1.165, 1.54) is 12.8 Å². The van der Waals surface area contributed by atoms with E-state index in [1.54, 1.807) is 4.90 Å². The summed E-state index contributed by atoms with van der Waals surface area (Å²) in [5, 5.41) is 12.0. The molecule has 2 N–H and O–H groups in total. The molecule has 5 heteroatoms. The summed E-state index contributed by atoms with van der Waals surface area (Å²) < 4.78 is 0. The first-order valence-corrected chi connectivity index (χ1v) is 7.26. The van der Waals surface area contributed by atoms with Crippen LogP contribution in [0.1, 0.15) is 33.1 Å². The highest BCUT2D eigenvalue weighted by Gasteiger charge is 2.36. The van der Waals surface area contributed by atoms with Crippen molar-refractivity contribution in [1.29, 1.82) is 0 Å². The third-order valence-corrected chi connectivity index (χ3v) is 4.41. The van der Waals surface area contributed by atoms with Gasteiger partial charge in [-0.05, 0) is 30.6 Å². The summed E-state index contributed by atoms with van der Waals surface area (Å²) in [6.45, 7) is 5.92. The van der Waals surface area contributed by atoms with E-state index < -0.39 is 11.9 Å². The summed E-state index contributed by atoms with van der Waals surface area (Å²) in [4.78, 5) is 24.8. The second kappa shape index (κ2) is 5.80. The molecule has 2 rings (SSSR count). The smallest absolute Gasteiger partial charge is 0.317 e. The average Bonchev–Trinajstić information content (AvgIpc) is 3.13. The third kappa shape index (κ3) is 3.61. The number of aliphatic carboxylic acids is 1. The predicted octanol–water partition coefficient (Wildman–Crippen LogP) is 1.78. The Morgan fingerprint density at radius 1 is 1.26 bits per heavy atom. The fourth-order valence-corrected chi connectivity index (χ4v) is 3.09. The zero-order valence-corrected chi connectivity index (χ0v) is 11.8. The second-order valence-electron chi connectivity index (χ2n) is 6.13. The fraction of sp³-hybridized carbons (Fsp3) is 0.857. The van der Waals surface area contributed by atoms with Crippen LogP contribution in [0.5, 0.6) is 0 Å². The van der Waals surface area contributed by atoms with Crippen LogP contribution in [0.4, 0.5) is 4.79 Å². The molecule has 1 saturated heterocycles. The molecule has 2 fully saturated rings. The van der Waals surface area contributed by atoms with Gasteiger partial charge in [-0.1, -0.05) is 20.3 Å². The Labute approximate surface area is 114 Å². The van der Waals surface area contributed by atoms with Crippen molar-refractivity contribution in [2.45, 2.75) is 33.1 Å². The van der Waals surface area contributed by atoms with Crippen LogP contribution in [0.15, 0.2) is 0 Å². The largest absolute Gasteiger partial charge is 0.481 e. The van der Waals surface area contributed by atoms with Crippen molar-refractivity contribution >= 4 is 12.0 Å². The van der Waals surface area contributed by atoms with E-state index in [1.807, 2.05) is 6.92 Å². The lowest BCUT2D eigenvalue weighted by molar-refractivity contribution is -0.143. The summed E-state index contributed by atoms with van der Waals surface area (Å²) in [7, 11) is 0. The Bertz CT molecular complexity index is 359. The van der Waals surface area contributed by atoms with Gasteiger partial charge in [-0.25, -0.2) is 4.79 Å². The molecular weight excluding hydrogens is 244 g/mol. The van der Waals surface area contributed by atoms with Crippen molar-refractivity contribution in [2.24, 2.45) is 23.7 Å². The molecule has 0 radical (unpaired) electrons. The Morgan fingerprint density at radius 3 is 2.58 bits per heavy atom. The number of amides is 2. The number of hydrogen-bond donors (Lipinski definition) is 2. The molecule has 2 unspecified atom stereocenters. The maximum atomic E-state index is 12.1. The first-order valence-electron chi connectivity index (χ1n) is 7.26. The van der Waals surface area contributed by atoms with E-state index in [4.69, 9.17) is 5.11 Å². The molecule has 0 aromatic carbocycles. The lowest BCUT2D eigenvalue weighted by atomic mass is 9.91.